The summed E-state index contributed by atoms with van der Waals surface area (Å²) in [7, 11) is 1.70. The van der Waals surface area contributed by atoms with Crippen LogP contribution in [0.5, 0.6) is 5.75 Å². The Morgan fingerprint density at radius 2 is 2.19 bits per heavy atom. The van der Waals surface area contributed by atoms with Crippen molar-refractivity contribution < 1.29 is 4.74 Å². The maximum atomic E-state index is 5.29. The largest absolute Gasteiger partial charge is 0.497 e. The van der Waals surface area contributed by atoms with Gasteiger partial charge in [0.05, 0.1) is 31.0 Å². The van der Waals surface area contributed by atoms with Gasteiger partial charge in [-0.15, -0.1) is 0 Å². The molecule has 1 N–H and O–H groups in total. The second-order valence-electron chi connectivity index (χ2n) is 5.89. The molecule has 1 aliphatic rings. The molecule has 21 heavy (non-hydrogen) atoms. The number of piperidine rings is 1. The molecule has 0 saturated carbocycles. The molecule has 0 radical (unpaired) electrons. The summed E-state index contributed by atoms with van der Waals surface area (Å²) in [4.78, 5) is 4.37. The summed E-state index contributed by atoms with van der Waals surface area (Å²) in [6, 6.07) is 7.13. The molecule has 1 aromatic carbocycles. The monoisotopic (exact) mass is 285 g/mol. The zero-order valence-electron chi connectivity index (χ0n) is 13.0. The van der Waals surface area contributed by atoms with Crippen molar-refractivity contribution in [2.24, 2.45) is 0 Å². The first-order chi connectivity index (χ1) is 10.2. The Balaban J connectivity index is 1.95. The first-order valence-corrected chi connectivity index (χ1v) is 7.62. The molecule has 0 spiro atoms. The molecule has 2 heterocycles. The van der Waals surface area contributed by atoms with Crippen molar-refractivity contribution in [1.82, 2.24) is 14.9 Å². The standard InChI is InChI=1S/C17H23N3O/c1-12-9-14(21-3)7-8-16(12)20-11-18-10-17(20)15-6-4-5-13(2)19-15/h7-11,13,15,19H,4-6H2,1-3H3. The molecule has 112 valence electrons. The zero-order chi connectivity index (χ0) is 14.8. The topological polar surface area (TPSA) is 39.1 Å². The molecule has 0 aliphatic carbocycles. The minimum absolute atomic E-state index is 0.387. The molecule has 0 amide bonds. The third-order valence-electron chi connectivity index (χ3n) is 4.30. The molecule has 1 aromatic heterocycles. The van der Waals surface area contributed by atoms with Crippen LogP contribution in [0, 0.1) is 6.92 Å². The van der Waals surface area contributed by atoms with Crippen LogP contribution in [-0.2, 0) is 0 Å². The van der Waals surface area contributed by atoms with Gasteiger partial charge in [-0.05, 0) is 56.9 Å². The number of rotatable bonds is 3. The molecule has 1 aliphatic heterocycles. The van der Waals surface area contributed by atoms with Crippen LogP contribution in [-0.4, -0.2) is 22.7 Å². The summed E-state index contributed by atoms with van der Waals surface area (Å²) < 4.78 is 7.49. The van der Waals surface area contributed by atoms with E-state index in [0.29, 0.717) is 12.1 Å². The first kappa shape index (κ1) is 14.1. The van der Waals surface area contributed by atoms with Crippen molar-refractivity contribution >= 4 is 0 Å². The number of aryl methyl sites for hydroxylation is 1. The van der Waals surface area contributed by atoms with Gasteiger partial charge in [0.25, 0.3) is 0 Å². The van der Waals surface area contributed by atoms with E-state index in [-0.39, 0.29) is 0 Å². The van der Waals surface area contributed by atoms with Crippen molar-refractivity contribution in [2.45, 2.75) is 45.2 Å². The Bertz CT molecular complexity index is 620. The summed E-state index contributed by atoms with van der Waals surface area (Å²) in [6.07, 6.45) is 7.59. The second-order valence-corrected chi connectivity index (χ2v) is 5.89. The number of nitrogens with one attached hydrogen (secondary N) is 1. The maximum Gasteiger partial charge on any atom is 0.119 e. The molecule has 2 atom stereocenters. The quantitative estimate of drug-likeness (QED) is 0.939. The van der Waals surface area contributed by atoms with Gasteiger partial charge in [-0.25, -0.2) is 4.98 Å². The number of benzene rings is 1. The van der Waals surface area contributed by atoms with Gasteiger partial charge in [0.1, 0.15) is 5.75 Å². The Morgan fingerprint density at radius 3 is 2.90 bits per heavy atom. The van der Waals surface area contributed by atoms with Crippen molar-refractivity contribution in [3.63, 3.8) is 0 Å². The first-order valence-electron chi connectivity index (χ1n) is 7.62. The predicted octanol–water partition coefficient (Wildman–Crippen LogP) is 3.39. The van der Waals surface area contributed by atoms with E-state index in [9.17, 15) is 0 Å². The van der Waals surface area contributed by atoms with Crippen molar-refractivity contribution in [2.75, 3.05) is 7.11 Å². The SMILES string of the molecule is COc1ccc(-n2cncc2C2CCCC(C)N2)c(C)c1. The van der Waals surface area contributed by atoms with Crippen molar-refractivity contribution in [1.29, 1.82) is 0 Å². The molecular formula is C17H23N3O. The third-order valence-corrected chi connectivity index (χ3v) is 4.30. The third kappa shape index (κ3) is 2.81. The lowest BCUT2D eigenvalue weighted by Crippen LogP contribution is -2.35. The summed E-state index contributed by atoms with van der Waals surface area (Å²) in [5.41, 5.74) is 3.61. The minimum Gasteiger partial charge on any atom is -0.497 e. The van der Waals surface area contributed by atoms with Crippen LogP contribution in [0.4, 0.5) is 0 Å². The molecule has 2 aromatic rings. The number of methoxy groups -OCH3 is 1. The summed E-state index contributed by atoms with van der Waals surface area (Å²) in [5.74, 6) is 0.891. The lowest BCUT2D eigenvalue weighted by molar-refractivity contribution is 0.334. The van der Waals surface area contributed by atoms with Gasteiger partial charge in [-0.1, -0.05) is 0 Å². The highest BCUT2D eigenvalue weighted by Gasteiger charge is 2.22. The van der Waals surface area contributed by atoms with E-state index in [0.717, 1.165) is 5.75 Å². The number of hydrogen-bond donors (Lipinski definition) is 1. The minimum atomic E-state index is 0.387. The number of aromatic nitrogens is 2. The fourth-order valence-electron chi connectivity index (χ4n) is 3.16. The Hall–Kier alpha value is -1.81. The average Bonchev–Trinajstić information content (AvgIpc) is 2.96. The van der Waals surface area contributed by atoms with Crippen LogP contribution in [0.2, 0.25) is 0 Å². The van der Waals surface area contributed by atoms with Gasteiger partial charge in [0.2, 0.25) is 0 Å². The predicted molar refractivity (Wildman–Crippen MR) is 84.0 cm³/mol. The van der Waals surface area contributed by atoms with E-state index >= 15 is 0 Å². The average molecular weight is 285 g/mol. The Morgan fingerprint density at radius 1 is 1.33 bits per heavy atom. The normalized spacial score (nSPS) is 22.2. The lowest BCUT2D eigenvalue weighted by Gasteiger charge is -2.29. The summed E-state index contributed by atoms with van der Waals surface area (Å²) in [5, 5.41) is 3.69. The molecule has 4 heteroatoms. The number of imidazole rings is 1. The molecule has 0 bridgehead atoms. The van der Waals surface area contributed by atoms with E-state index in [4.69, 9.17) is 4.74 Å². The lowest BCUT2D eigenvalue weighted by atomic mass is 9.97. The van der Waals surface area contributed by atoms with Gasteiger partial charge < -0.3 is 14.6 Å². The van der Waals surface area contributed by atoms with Crippen LogP contribution >= 0.6 is 0 Å². The number of ether oxygens (including phenoxy) is 1. The molecule has 1 fully saturated rings. The summed E-state index contributed by atoms with van der Waals surface area (Å²) in [6.45, 7) is 4.37. The van der Waals surface area contributed by atoms with Gasteiger partial charge in [-0.3, -0.25) is 0 Å². The van der Waals surface area contributed by atoms with Gasteiger partial charge in [0, 0.05) is 12.1 Å². The van der Waals surface area contributed by atoms with Gasteiger partial charge in [0.15, 0.2) is 0 Å². The number of nitrogens with zero attached hydrogens (tertiary/aromatic N) is 2. The molecule has 1 saturated heterocycles. The Kier molecular flexibility index (Phi) is 3.97. The highest BCUT2D eigenvalue weighted by molar-refractivity contribution is 5.46. The second kappa shape index (κ2) is 5.90. The van der Waals surface area contributed by atoms with E-state index in [1.165, 1.54) is 36.2 Å². The van der Waals surface area contributed by atoms with E-state index < -0.39 is 0 Å². The van der Waals surface area contributed by atoms with Crippen molar-refractivity contribution in [3.05, 3.63) is 42.0 Å². The molecule has 3 rings (SSSR count). The zero-order valence-corrected chi connectivity index (χ0v) is 13.0. The van der Waals surface area contributed by atoms with Gasteiger partial charge >= 0.3 is 0 Å². The van der Waals surface area contributed by atoms with Crippen molar-refractivity contribution in [3.8, 4) is 11.4 Å². The van der Waals surface area contributed by atoms with E-state index in [1.807, 2.05) is 18.6 Å². The number of hydrogen-bond acceptors (Lipinski definition) is 3. The van der Waals surface area contributed by atoms with Crippen LogP contribution in [0.15, 0.2) is 30.7 Å². The fraction of sp³-hybridized carbons (Fsp3) is 0.471. The van der Waals surface area contributed by atoms with E-state index in [1.54, 1.807) is 7.11 Å². The molecule has 2 unspecified atom stereocenters. The molecule has 4 nitrogen and oxygen atoms in total. The Labute approximate surface area is 126 Å². The maximum absolute atomic E-state index is 5.29. The van der Waals surface area contributed by atoms with Gasteiger partial charge in [-0.2, -0.15) is 0 Å². The highest BCUT2D eigenvalue weighted by Crippen LogP contribution is 2.29. The fourth-order valence-corrected chi connectivity index (χ4v) is 3.16. The highest BCUT2D eigenvalue weighted by atomic mass is 16.5. The van der Waals surface area contributed by atoms with Crippen LogP contribution in [0.1, 0.15) is 43.5 Å². The molecular weight excluding hydrogens is 262 g/mol. The van der Waals surface area contributed by atoms with E-state index in [2.05, 4.69) is 40.8 Å². The van der Waals surface area contributed by atoms with Crippen LogP contribution in [0.3, 0.4) is 0 Å². The smallest absolute Gasteiger partial charge is 0.119 e. The van der Waals surface area contributed by atoms with Crippen LogP contribution in [0.25, 0.3) is 5.69 Å². The summed E-state index contributed by atoms with van der Waals surface area (Å²) >= 11 is 0. The van der Waals surface area contributed by atoms with Crippen LogP contribution < -0.4 is 10.1 Å².